The molecule has 2 amide bonds. The minimum atomic E-state index is -0.684. The molecule has 3 rings (SSSR count). The van der Waals surface area contributed by atoms with Gasteiger partial charge in [-0.1, -0.05) is 26.2 Å². The summed E-state index contributed by atoms with van der Waals surface area (Å²) < 4.78 is 0. The van der Waals surface area contributed by atoms with E-state index in [1.807, 2.05) is 36.2 Å². The molecule has 0 bridgehead atoms. The highest BCUT2D eigenvalue weighted by Gasteiger charge is 2.18. The van der Waals surface area contributed by atoms with Crippen LogP contribution in [0.3, 0.4) is 0 Å². The molecule has 0 spiro atoms. The second-order valence-electron chi connectivity index (χ2n) is 8.03. The number of nitrogens with zero attached hydrogens (tertiary/aromatic N) is 2. The summed E-state index contributed by atoms with van der Waals surface area (Å²) >= 11 is 1.75. The highest BCUT2D eigenvalue weighted by atomic mass is 32.1. The van der Waals surface area contributed by atoms with Gasteiger partial charge in [0.2, 0.25) is 0 Å². The molecule has 35 heavy (non-hydrogen) atoms. The van der Waals surface area contributed by atoms with E-state index in [1.54, 1.807) is 30.8 Å². The molecule has 1 aromatic heterocycles. The number of fused-ring (bicyclic) bond motifs is 1. The van der Waals surface area contributed by atoms with Crippen LogP contribution in [0.4, 0.5) is 5.69 Å². The van der Waals surface area contributed by atoms with Crippen LogP contribution in [0.25, 0.3) is 16.5 Å². The quantitative estimate of drug-likeness (QED) is 0.264. The van der Waals surface area contributed by atoms with Gasteiger partial charge < -0.3 is 15.5 Å². The first-order chi connectivity index (χ1) is 16.5. The molecule has 1 heterocycles. The first-order valence-corrected chi connectivity index (χ1v) is 12.2. The number of carbonyl (C=O) groups excluding carboxylic acids is 2. The maximum absolute atomic E-state index is 12.6. The summed E-state index contributed by atoms with van der Waals surface area (Å²) in [5, 5.41) is 5.45. The van der Waals surface area contributed by atoms with Gasteiger partial charge in [-0.15, -0.1) is 11.3 Å². The first kappa shape index (κ1) is 27.8. The zero-order valence-electron chi connectivity index (χ0n) is 20.1. The summed E-state index contributed by atoms with van der Waals surface area (Å²) in [6.45, 7) is 8.84. The number of benzene rings is 1. The summed E-state index contributed by atoms with van der Waals surface area (Å²) in [6.07, 6.45) is 14.5. The number of carbonyl (C=O) groups is 2. The zero-order valence-corrected chi connectivity index (χ0v) is 20.9. The van der Waals surface area contributed by atoms with E-state index in [9.17, 15) is 9.59 Å². The van der Waals surface area contributed by atoms with Crippen LogP contribution in [-0.4, -0.2) is 43.1 Å². The van der Waals surface area contributed by atoms with Crippen molar-refractivity contribution >= 4 is 41.1 Å². The number of aryl methyl sites for hydroxylation is 1. The fourth-order valence-corrected chi connectivity index (χ4v) is 5.05. The topological polar surface area (TPSA) is 73.8 Å². The van der Waals surface area contributed by atoms with E-state index < -0.39 is 11.8 Å². The molecular weight excluding hydrogens is 456 g/mol. The smallest absolute Gasteiger partial charge is 0.313 e. The molecule has 0 atom stereocenters. The lowest BCUT2D eigenvalue weighted by Gasteiger charge is -2.15. The van der Waals surface area contributed by atoms with Gasteiger partial charge >= 0.3 is 11.8 Å². The number of hydrogen-bond donors (Lipinski definition) is 2. The van der Waals surface area contributed by atoms with Gasteiger partial charge in [-0.3, -0.25) is 14.6 Å². The van der Waals surface area contributed by atoms with Crippen LogP contribution in [0.2, 0.25) is 0 Å². The third kappa shape index (κ3) is 7.26. The first-order valence-electron chi connectivity index (χ1n) is 11.4. The lowest BCUT2D eigenvalue weighted by atomic mass is 9.98. The molecule has 6 nitrogen and oxygen atoms in total. The van der Waals surface area contributed by atoms with Crippen LogP contribution in [0, 0.1) is 6.92 Å². The van der Waals surface area contributed by atoms with E-state index in [1.165, 1.54) is 10.4 Å². The van der Waals surface area contributed by atoms with E-state index in [4.69, 9.17) is 0 Å². The van der Waals surface area contributed by atoms with Crippen molar-refractivity contribution in [1.82, 2.24) is 10.2 Å². The Morgan fingerprint density at radius 1 is 1.26 bits per heavy atom. The maximum atomic E-state index is 12.6. The number of aliphatic imine (C=N–C) groups is 1. The van der Waals surface area contributed by atoms with E-state index in [2.05, 4.69) is 47.3 Å². The summed E-state index contributed by atoms with van der Waals surface area (Å²) in [4.78, 5) is 33.4. The van der Waals surface area contributed by atoms with Crippen molar-refractivity contribution in [3.8, 4) is 10.4 Å². The number of hydrogen-bond acceptors (Lipinski definition) is 5. The van der Waals surface area contributed by atoms with Crippen LogP contribution in [0.15, 0.2) is 54.3 Å². The van der Waals surface area contributed by atoms with Crippen molar-refractivity contribution in [2.24, 2.45) is 4.99 Å². The van der Waals surface area contributed by atoms with Crippen molar-refractivity contribution in [2.45, 2.75) is 40.5 Å². The number of nitrogens with one attached hydrogen (secondary N) is 2. The van der Waals surface area contributed by atoms with Gasteiger partial charge in [0, 0.05) is 41.8 Å². The van der Waals surface area contributed by atoms with Gasteiger partial charge in [-0.25, -0.2) is 0 Å². The van der Waals surface area contributed by atoms with Gasteiger partial charge in [0.25, 0.3) is 0 Å². The Hall–Kier alpha value is -3.45. The minimum absolute atomic E-state index is 0. The Kier molecular flexibility index (Phi) is 10.7. The number of amides is 2. The molecular formula is C28H36N4O2S. The lowest BCUT2D eigenvalue weighted by molar-refractivity contribution is -0.136. The predicted octanol–water partition coefficient (Wildman–Crippen LogP) is 5.79. The molecule has 0 radical (unpaired) electrons. The van der Waals surface area contributed by atoms with Crippen molar-refractivity contribution in [3.05, 3.63) is 70.9 Å². The van der Waals surface area contributed by atoms with Crippen molar-refractivity contribution in [3.63, 3.8) is 0 Å². The average Bonchev–Trinajstić information content (AvgIpc) is 3.27. The van der Waals surface area contributed by atoms with E-state index in [0.717, 1.165) is 34.4 Å². The number of anilines is 1. The maximum Gasteiger partial charge on any atom is 0.313 e. The van der Waals surface area contributed by atoms with E-state index in [0.29, 0.717) is 25.2 Å². The second kappa shape index (κ2) is 13.4. The summed E-state index contributed by atoms with van der Waals surface area (Å²) in [5.74, 6) is -1.34. The number of rotatable bonds is 9. The van der Waals surface area contributed by atoms with Gasteiger partial charge in [0.05, 0.1) is 0 Å². The highest BCUT2D eigenvalue weighted by Crippen LogP contribution is 2.38. The predicted molar refractivity (Wildman–Crippen MR) is 150 cm³/mol. The molecule has 1 aromatic carbocycles. The van der Waals surface area contributed by atoms with Crippen molar-refractivity contribution in [2.75, 3.05) is 25.5 Å². The summed E-state index contributed by atoms with van der Waals surface area (Å²) in [7, 11) is 1.72. The Balaban J connectivity index is 0.00000432. The molecule has 1 aliphatic carbocycles. The van der Waals surface area contributed by atoms with Crippen molar-refractivity contribution < 1.29 is 9.59 Å². The fourth-order valence-electron chi connectivity index (χ4n) is 3.83. The molecule has 2 aromatic rings. The third-order valence-electron chi connectivity index (χ3n) is 5.59. The molecule has 7 heteroatoms. The molecule has 0 saturated carbocycles. The molecule has 0 fully saturated rings. The van der Waals surface area contributed by atoms with Gasteiger partial charge in [0.1, 0.15) is 0 Å². The highest BCUT2D eigenvalue weighted by molar-refractivity contribution is 7.16. The zero-order chi connectivity index (χ0) is 24.5. The molecule has 0 saturated heterocycles. The normalized spacial score (nSPS) is 12.3. The Morgan fingerprint density at radius 3 is 2.74 bits per heavy atom. The summed E-state index contributed by atoms with van der Waals surface area (Å²) in [6, 6.07) is 6.02. The van der Waals surface area contributed by atoms with Crippen LogP contribution in [0.5, 0.6) is 0 Å². The molecule has 1 aliphatic rings. The largest absolute Gasteiger partial charge is 0.355 e. The molecule has 186 valence electrons. The Morgan fingerprint density at radius 2 is 2.06 bits per heavy atom. The Labute approximate surface area is 213 Å². The standard InChI is InChI=1S/C27H32N4O2S.CH4/c1-5-13-31(6-2)14-9-12-29-26(32)27(33)30-22-15-21(18-28-4)19(3)23(17-22)25-16-20-10-7-8-11-24(20)34-25;/h5-6,8,11,13,15-18H,2,7,9-10,12,14H2,1,3-4H3,(H,29,32)(H,30,33);1H4/b13-5-,28-18?;. The Bertz CT molecular complexity index is 1140. The van der Waals surface area contributed by atoms with Crippen LogP contribution >= 0.6 is 11.3 Å². The molecule has 0 unspecified atom stereocenters. The number of allylic oxidation sites excluding steroid dienone is 2. The SMILES string of the molecule is C.C=CN(/C=C\C)CCCNC(=O)C(=O)Nc1cc(C=NC)c(C)c(-c2cc3c(s2)C=CCC3)c1. The van der Waals surface area contributed by atoms with Gasteiger partial charge in [0.15, 0.2) is 0 Å². The van der Waals surface area contributed by atoms with Crippen LogP contribution < -0.4 is 10.6 Å². The monoisotopic (exact) mass is 492 g/mol. The van der Waals surface area contributed by atoms with Crippen molar-refractivity contribution in [1.29, 1.82) is 0 Å². The fraction of sp³-hybridized carbons (Fsp3) is 0.321. The summed E-state index contributed by atoms with van der Waals surface area (Å²) in [5.41, 5.74) is 4.96. The molecule has 2 N–H and O–H groups in total. The third-order valence-corrected chi connectivity index (χ3v) is 6.77. The average molecular weight is 493 g/mol. The van der Waals surface area contributed by atoms with E-state index >= 15 is 0 Å². The van der Waals surface area contributed by atoms with Gasteiger partial charge in [-0.2, -0.15) is 0 Å². The van der Waals surface area contributed by atoms with E-state index in [-0.39, 0.29) is 7.43 Å². The number of thiophene rings is 1. The van der Waals surface area contributed by atoms with Crippen LogP contribution in [0.1, 0.15) is 48.8 Å². The molecule has 0 aliphatic heterocycles. The minimum Gasteiger partial charge on any atom is -0.355 e. The van der Waals surface area contributed by atoms with Gasteiger partial charge in [-0.05, 0) is 92.0 Å². The lowest BCUT2D eigenvalue weighted by Crippen LogP contribution is -2.36. The second-order valence-corrected chi connectivity index (χ2v) is 9.12. The van der Waals surface area contributed by atoms with Crippen LogP contribution in [-0.2, 0) is 16.0 Å².